The Labute approximate surface area is 200 Å². The Morgan fingerprint density at radius 3 is 2.41 bits per heavy atom. The monoisotopic (exact) mass is 479 g/mol. The number of fused-ring (bicyclic) bond motifs is 1. The van der Waals surface area contributed by atoms with Crippen molar-refractivity contribution in [2.45, 2.75) is 13.8 Å². The molecular formula is C24H26ClN7O2. The first-order valence-corrected chi connectivity index (χ1v) is 11.5. The summed E-state index contributed by atoms with van der Waals surface area (Å²) < 4.78 is 1.47. The molecule has 1 aliphatic rings. The Bertz CT molecular complexity index is 1520. The third kappa shape index (κ3) is 4.08. The summed E-state index contributed by atoms with van der Waals surface area (Å²) in [5.41, 5.74) is 5.31. The Balaban J connectivity index is 1.56. The van der Waals surface area contributed by atoms with Crippen molar-refractivity contribution in [3.8, 4) is 5.69 Å². The van der Waals surface area contributed by atoms with Crippen molar-refractivity contribution in [2.75, 3.05) is 38.1 Å². The number of hydrogen-bond donors (Lipinski definition) is 3. The van der Waals surface area contributed by atoms with Crippen molar-refractivity contribution in [2.24, 2.45) is 4.99 Å². The minimum absolute atomic E-state index is 0.210. The van der Waals surface area contributed by atoms with Crippen LogP contribution < -0.4 is 16.1 Å². The standard InChI is InChI=1S/C24H26ClN7O2/c1-14-4-5-16(10-18(14)25)32-23(33)17(15(2)29-32)13-26-21-11-19-20(28-24(34)27-19)12-22(21)31-8-6-30(3)7-9-31/h4-5,10-13,29H,6-9H2,1-3H3,(H2,27,28,34). The van der Waals surface area contributed by atoms with Crippen molar-refractivity contribution in [1.82, 2.24) is 24.6 Å². The van der Waals surface area contributed by atoms with Gasteiger partial charge >= 0.3 is 5.69 Å². The van der Waals surface area contributed by atoms with Crippen LogP contribution in [0.25, 0.3) is 16.7 Å². The van der Waals surface area contributed by atoms with E-state index in [9.17, 15) is 9.59 Å². The summed E-state index contributed by atoms with van der Waals surface area (Å²) in [5.74, 6) is 0. The Morgan fingerprint density at radius 2 is 1.71 bits per heavy atom. The first-order chi connectivity index (χ1) is 16.3. The number of H-pyrrole nitrogens is 3. The zero-order valence-electron chi connectivity index (χ0n) is 19.3. The van der Waals surface area contributed by atoms with Crippen LogP contribution in [0.5, 0.6) is 0 Å². The van der Waals surface area contributed by atoms with Gasteiger partial charge in [0.25, 0.3) is 5.56 Å². The molecule has 3 N–H and O–H groups in total. The number of aryl methyl sites for hydroxylation is 2. The molecule has 0 amide bonds. The second-order valence-electron chi connectivity index (χ2n) is 8.74. The molecule has 0 saturated carbocycles. The number of rotatable bonds is 4. The molecule has 1 saturated heterocycles. The highest BCUT2D eigenvalue weighted by atomic mass is 35.5. The number of benzene rings is 2. The van der Waals surface area contributed by atoms with Crippen LogP contribution in [0.15, 0.2) is 44.9 Å². The lowest BCUT2D eigenvalue weighted by Gasteiger charge is -2.34. The van der Waals surface area contributed by atoms with Gasteiger partial charge in [-0.15, -0.1) is 0 Å². The van der Waals surface area contributed by atoms with Gasteiger partial charge in [0.1, 0.15) is 0 Å². The van der Waals surface area contributed by atoms with Gasteiger partial charge in [0.2, 0.25) is 0 Å². The highest BCUT2D eigenvalue weighted by Gasteiger charge is 2.19. The first kappa shape index (κ1) is 22.2. The van der Waals surface area contributed by atoms with Crippen molar-refractivity contribution < 1.29 is 0 Å². The topological polar surface area (TPSA) is 105 Å². The number of likely N-dealkylation sites (N-methyl/N-ethyl adjacent to an activating group) is 1. The molecule has 10 heteroatoms. The van der Waals surface area contributed by atoms with E-state index >= 15 is 0 Å². The quantitative estimate of drug-likeness (QED) is 0.391. The van der Waals surface area contributed by atoms with Crippen LogP contribution in [-0.2, 0) is 0 Å². The molecule has 0 radical (unpaired) electrons. The smallest absolute Gasteiger partial charge is 0.323 e. The number of aliphatic imine (C=N–C) groups is 1. The van der Waals surface area contributed by atoms with Gasteiger partial charge in [-0.2, -0.15) is 0 Å². The van der Waals surface area contributed by atoms with Crippen LogP contribution in [0.2, 0.25) is 5.02 Å². The molecule has 4 aromatic rings. The number of nitrogens with one attached hydrogen (secondary N) is 3. The molecule has 176 valence electrons. The molecular weight excluding hydrogens is 454 g/mol. The SMILES string of the molecule is Cc1ccc(-n2[nH]c(C)c(C=Nc3cc4[nH]c(=O)[nH]c4cc3N3CCN(C)CC3)c2=O)cc1Cl. The fourth-order valence-corrected chi connectivity index (χ4v) is 4.39. The molecule has 1 aliphatic heterocycles. The van der Waals surface area contributed by atoms with Gasteiger partial charge in [0, 0.05) is 43.1 Å². The van der Waals surface area contributed by atoms with E-state index in [4.69, 9.17) is 16.6 Å². The van der Waals surface area contributed by atoms with E-state index in [1.807, 2.05) is 38.1 Å². The van der Waals surface area contributed by atoms with Gasteiger partial charge < -0.3 is 19.8 Å². The van der Waals surface area contributed by atoms with Gasteiger partial charge in [-0.25, -0.2) is 9.48 Å². The number of aromatic nitrogens is 4. The zero-order valence-corrected chi connectivity index (χ0v) is 20.0. The number of imidazole rings is 1. The molecule has 2 aromatic heterocycles. The lowest BCUT2D eigenvalue weighted by Crippen LogP contribution is -2.44. The molecule has 3 heterocycles. The van der Waals surface area contributed by atoms with Crippen molar-refractivity contribution in [3.05, 3.63) is 73.0 Å². The van der Waals surface area contributed by atoms with Crippen molar-refractivity contribution in [3.63, 3.8) is 0 Å². The van der Waals surface area contributed by atoms with Gasteiger partial charge in [-0.05, 0) is 50.7 Å². The van der Waals surface area contributed by atoms with Crippen LogP contribution in [-0.4, -0.2) is 64.1 Å². The van der Waals surface area contributed by atoms with Gasteiger partial charge in [-0.1, -0.05) is 17.7 Å². The predicted octanol–water partition coefficient (Wildman–Crippen LogP) is 3.11. The van der Waals surface area contributed by atoms with Crippen LogP contribution in [0.4, 0.5) is 11.4 Å². The van der Waals surface area contributed by atoms with Gasteiger partial charge in [0.05, 0.1) is 33.7 Å². The summed E-state index contributed by atoms with van der Waals surface area (Å²) in [7, 11) is 2.10. The molecule has 0 bridgehead atoms. The van der Waals surface area contributed by atoms with Crippen LogP contribution in [0.1, 0.15) is 16.8 Å². The molecule has 0 spiro atoms. The first-order valence-electron chi connectivity index (χ1n) is 11.1. The van der Waals surface area contributed by atoms with Gasteiger partial charge in [-0.3, -0.25) is 14.9 Å². The summed E-state index contributed by atoms with van der Waals surface area (Å²) in [6, 6.07) is 9.28. The molecule has 5 rings (SSSR count). The zero-order chi connectivity index (χ0) is 24.0. The summed E-state index contributed by atoms with van der Waals surface area (Å²) in [4.78, 5) is 39.9. The molecule has 9 nitrogen and oxygen atoms in total. The largest absolute Gasteiger partial charge is 0.367 e. The summed E-state index contributed by atoms with van der Waals surface area (Å²) >= 11 is 6.26. The Morgan fingerprint density at radius 1 is 1.00 bits per heavy atom. The normalized spacial score (nSPS) is 15.1. The maximum Gasteiger partial charge on any atom is 0.323 e. The van der Waals surface area contributed by atoms with E-state index in [-0.39, 0.29) is 11.2 Å². The highest BCUT2D eigenvalue weighted by molar-refractivity contribution is 6.31. The Kier molecular flexibility index (Phi) is 5.66. The lowest BCUT2D eigenvalue weighted by molar-refractivity contribution is 0.313. The maximum atomic E-state index is 13.2. The predicted molar refractivity (Wildman–Crippen MR) is 137 cm³/mol. The second kappa shape index (κ2) is 8.66. The minimum Gasteiger partial charge on any atom is -0.367 e. The molecule has 0 unspecified atom stereocenters. The summed E-state index contributed by atoms with van der Waals surface area (Å²) in [5, 5.41) is 3.71. The van der Waals surface area contributed by atoms with Crippen LogP contribution in [0.3, 0.4) is 0 Å². The molecule has 2 aromatic carbocycles. The lowest BCUT2D eigenvalue weighted by atomic mass is 10.2. The van der Waals surface area contributed by atoms with E-state index < -0.39 is 0 Å². The van der Waals surface area contributed by atoms with Crippen LogP contribution >= 0.6 is 11.6 Å². The van der Waals surface area contributed by atoms with Crippen LogP contribution in [0, 0.1) is 13.8 Å². The number of anilines is 1. The van der Waals surface area contributed by atoms with E-state index in [0.29, 0.717) is 33.2 Å². The molecule has 34 heavy (non-hydrogen) atoms. The van der Waals surface area contributed by atoms with E-state index in [0.717, 1.165) is 42.9 Å². The number of nitrogens with zero attached hydrogens (tertiary/aromatic N) is 4. The molecule has 0 aliphatic carbocycles. The third-order valence-corrected chi connectivity index (χ3v) is 6.73. The second-order valence-corrected chi connectivity index (χ2v) is 9.15. The fraction of sp³-hybridized carbons (Fsp3) is 0.292. The van der Waals surface area contributed by atoms with Crippen molar-refractivity contribution in [1.29, 1.82) is 0 Å². The number of hydrogen-bond acceptors (Lipinski definition) is 5. The number of halogens is 1. The fourth-order valence-electron chi connectivity index (χ4n) is 4.21. The Hall–Kier alpha value is -3.56. The highest BCUT2D eigenvalue weighted by Crippen LogP contribution is 2.33. The van der Waals surface area contributed by atoms with E-state index in [2.05, 4.69) is 31.9 Å². The molecule has 0 atom stereocenters. The average Bonchev–Trinajstić information content (AvgIpc) is 3.31. The summed E-state index contributed by atoms with van der Waals surface area (Å²) in [6.07, 6.45) is 1.59. The molecule has 1 fully saturated rings. The third-order valence-electron chi connectivity index (χ3n) is 6.32. The number of piperazine rings is 1. The summed E-state index contributed by atoms with van der Waals surface area (Å²) in [6.45, 7) is 7.33. The van der Waals surface area contributed by atoms with E-state index in [1.165, 1.54) is 4.68 Å². The minimum atomic E-state index is -0.262. The maximum absolute atomic E-state index is 13.2. The van der Waals surface area contributed by atoms with E-state index in [1.54, 1.807) is 12.3 Å². The van der Waals surface area contributed by atoms with Crippen molar-refractivity contribution >= 4 is 40.2 Å². The van der Waals surface area contributed by atoms with Gasteiger partial charge in [0.15, 0.2) is 0 Å². The average molecular weight is 480 g/mol. The number of aromatic amines is 3.